The van der Waals surface area contributed by atoms with Gasteiger partial charge in [0.15, 0.2) is 5.52 Å². The normalized spacial score (nSPS) is 11.0. The van der Waals surface area contributed by atoms with Crippen LogP contribution in [0.4, 0.5) is 5.69 Å². The molecular formula is C23H23N5O3. The zero-order chi connectivity index (χ0) is 22.0. The molecule has 8 heteroatoms. The molecule has 1 amide bonds. The molecule has 4 aromatic rings. The summed E-state index contributed by atoms with van der Waals surface area (Å²) < 4.78 is 4.03. The van der Waals surface area contributed by atoms with Gasteiger partial charge in [0.25, 0.3) is 5.56 Å². The van der Waals surface area contributed by atoms with E-state index in [2.05, 4.69) is 10.4 Å². The predicted octanol–water partition coefficient (Wildman–Crippen LogP) is 2.38. The molecule has 1 N–H and O–H groups in total. The van der Waals surface area contributed by atoms with Crippen LogP contribution in [0.5, 0.6) is 0 Å². The fraction of sp³-hybridized carbons (Fsp3) is 0.217. The van der Waals surface area contributed by atoms with E-state index in [0.29, 0.717) is 17.7 Å². The van der Waals surface area contributed by atoms with Crippen LogP contribution in [0.15, 0.2) is 70.4 Å². The van der Waals surface area contributed by atoms with Gasteiger partial charge in [-0.05, 0) is 31.5 Å². The van der Waals surface area contributed by atoms with E-state index >= 15 is 0 Å². The van der Waals surface area contributed by atoms with Crippen molar-refractivity contribution in [1.29, 1.82) is 0 Å². The van der Waals surface area contributed by atoms with E-state index in [1.54, 1.807) is 23.0 Å². The van der Waals surface area contributed by atoms with Crippen molar-refractivity contribution in [3.8, 4) is 0 Å². The Kier molecular flexibility index (Phi) is 5.53. The molecule has 0 radical (unpaired) electrons. The highest BCUT2D eigenvalue weighted by Gasteiger charge is 2.18. The summed E-state index contributed by atoms with van der Waals surface area (Å²) >= 11 is 0. The van der Waals surface area contributed by atoms with Crippen LogP contribution in [0.25, 0.3) is 11.0 Å². The van der Waals surface area contributed by atoms with Gasteiger partial charge in [-0.25, -0.2) is 4.79 Å². The van der Waals surface area contributed by atoms with Gasteiger partial charge < -0.3 is 5.32 Å². The first-order chi connectivity index (χ1) is 15.0. The Balaban J connectivity index is 1.76. The summed E-state index contributed by atoms with van der Waals surface area (Å²) in [6, 6.07) is 16.6. The van der Waals surface area contributed by atoms with Crippen molar-refractivity contribution < 1.29 is 4.79 Å². The lowest BCUT2D eigenvalue weighted by atomic mass is 10.2. The maximum absolute atomic E-state index is 13.2. The van der Waals surface area contributed by atoms with E-state index in [1.165, 1.54) is 4.57 Å². The Morgan fingerprint density at radius 1 is 1.00 bits per heavy atom. The summed E-state index contributed by atoms with van der Waals surface area (Å²) in [6.07, 6.45) is 1.63. The van der Waals surface area contributed by atoms with Gasteiger partial charge in [-0.15, -0.1) is 0 Å². The second-order valence-corrected chi connectivity index (χ2v) is 7.38. The number of fused-ring (bicyclic) bond motifs is 1. The number of hydrogen-bond acceptors (Lipinski definition) is 4. The van der Waals surface area contributed by atoms with Crippen LogP contribution in [-0.2, 0) is 24.4 Å². The van der Waals surface area contributed by atoms with Crippen molar-refractivity contribution in [2.75, 3.05) is 5.32 Å². The van der Waals surface area contributed by atoms with Crippen molar-refractivity contribution >= 4 is 22.6 Å². The molecule has 0 spiro atoms. The number of carbonyl (C=O) groups excluding carboxylic acids is 1. The molecule has 0 saturated heterocycles. The summed E-state index contributed by atoms with van der Waals surface area (Å²) in [5.74, 6) is -0.360. The number of benzene rings is 2. The Morgan fingerprint density at radius 2 is 1.71 bits per heavy atom. The zero-order valence-electron chi connectivity index (χ0n) is 17.4. The molecule has 0 unspecified atom stereocenters. The summed E-state index contributed by atoms with van der Waals surface area (Å²) in [6.45, 7) is 4.27. The minimum Gasteiger partial charge on any atom is -0.325 e. The molecule has 2 aromatic heterocycles. The van der Waals surface area contributed by atoms with Gasteiger partial charge in [-0.2, -0.15) is 5.10 Å². The average Bonchev–Trinajstić information content (AvgIpc) is 3.21. The number of carbonyl (C=O) groups is 1. The van der Waals surface area contributed by atoms with Gasteiger partial charge in [0.1, 0.15) is 6.54 Å². The average molecular weight is 417 g/mol. The van der Waals surface area contributed by atoms with E-state index in [1.807, 2.05) is 56.3 Å². The van der Waals surface area contributed by atoms with Crippen molar-refractivity contribution in [3.63, 3.8) is 0 Å². The molecule has 0 fully saturated rings. The molecule has 0 aliphatic heterocycles. The Bertz CT molecular complexity index is 1350. The number of nitrogens with one attached hydrogen (secondary N) is 1. The summed E-state index contributed by atoms with van der Waals surface area (Å²) in [5, 5.41) is 7.13. The Morgan fingerprint density at radius 3 is 2.39 bits per heavy atom. The van der Waals surface area contributed by atoms with E-state index in [0.717, 1.165) is 15.7 Å². The van der Waals surface area contributed by atoms with Crippen LogP contribution in [0.3, 0.4) is 0 Å². The zero-order valence-corrected chi connectivity index (χ0v) is 17.4. The van der Waals surface area contributed by atoms with E-state index < -0.39 is 11.2 Å². The number of rotatable bonds is 6. The molecule has 0 saturated carbocycles. The Hall–Kier alpha value is -3.94. The van der Waals surface area contributed by atoms with E-state index in [9.17, 15) is 14.4 Å². The number of aromatic nitrogens is 4. The number of hydrogen-bond donors (Lipinski definition) is 1. The molecule has 0 atom stereocenters. The monoisotopic (exact) mass is 417 g/mol. The smallest absolute Gasteiger partial charge is 0.325 e. The summed E-state index contributed by atoms with van der Waals surface area (Å²) in [7, 11) is 0. The number of amides is 1. The molecule has 158 valence electrons. The van der Waals surface area contributed by atoms with Gasteiger partial charge in [0.2, 0.25) is 5.91 Å². The molecule has 4 rings (SSSR count). The largest absolute Gasteiger partial charge is 0.332 e. The van der Waals surface area contributed by atoms with Gasteiger partial charge in [-0.1, -0.05) is 48.0 Å². The van der Waals surface area contributed by atoms with Gasteiger partial charge in [-0.3, -0.25) is 23.4 Å². The molecule has 31 heavy (non-hydrogen) atoms. The molecule has 0 bridgehead atoms. The SMILES string of the molecule is CCn1cc2c(n1)c(=O)n(Cc1ccccc1)c(=O)n2CC(=O)Nc1ccc(C)cc1. The fourth-order valence-electron chi connectivity index (χ4n) is 3.43. The lowest BCUT2D eigenvalue weighted by molar-refractivity contribution is -0.116. The standard InChI is InChI=1S/C23H23N5O3/c1-3-26-14-19-21(25-26)22(30)28(13-17-7-5-4-6-8-17)23(31)27(19)15-20(29)24-18-11-9-16(2)10-12-18/h4-12,14H,3,13,15H2,1-2H3,(H,24,29). The third-order valence-electron chi connectivity index (χ3n) is 5.09. The highest BCUT2D eigenvalue weighted by molar-refractivity contribution is 5.91. The first kappa shape index (κ1) is 20.3. The highest BCUT2D eigenvalue weighted by Crippen LogP contribution is 2.11. The van der Waals surface area contributed by atoms with Crippen LogP contribution in [-0.4, -0.2) is 24.8 Å². The predicted molar refractivity (Wildman–Crippen MR) is 119 cm³/mol. The molecule has 8 nitrogen and oxygen atoms in total. The van der Waals surface area contributed by atoms with Crippen LogP contribution in [0.1, 0.15) is 18.1 Å². The van der Waals surface area contributed by atoms with Crippen LogP contribution in [0.2, 0.25) is 0 Å². The minimum absolute atomic E-state index is 0.104. The number of aryl methyl sites for hydroxylation is 2. The third kappa shape index (κ3) is 4.18. The highest BCUT2D eigenvalue weighted by atomic mass is 16.2. The fourth-order valence-corrected chi connectivity index (χ4v) is 3.43. The molecule has 2 aromatic carbocycles. The van der Waals surface area contributed by atoms with E-state index in [4.69, 9.17) is 0 Å². The number of anilines is 1. The van der Waals surface area contributed by atoms with Gasteiger partial charge in [0, 0.05) is 18.4 Å². The molecular weight excluding hydrogens is 394 g/mol. The summed E-state index contributed by atoms with van der Waals surface area (Å²) in [5.41, 5.74) is 2.03. The first-order valence-electron chi connectivity index (χ1n) is 10.1. The van der Waals surface area contributed by atoms with E-state index in [-0.39, 0.29) is 24.5 Å². The van der Waals surface area contributed by atoms with Gasteiger partial charge >= 0.3 is 5.69 Å². The van der Waals surface area contributed by atoms with Crippen LogP contribution in [0, 0.1) is 6.92 Å². The quantitative estimate of drug-likeness (QED) is 0.521. The maximum Gasteiger partial charge on any atom is 0.332 e. The molecule has 2 heterocycles. The first-order valence-corrected chi connectivity index (χ1v) is 10.1. The van der Waals surface area contributed by atoms with Crippen molar-refractivity contribution in [3.05, 3.63) is 92.8 Å². The van der Waals surface area contributed by atoms with Crippen molar-refractivity contribution in [2.45, 2.75) is 33.5 Å². The third-order valence-corrected chi connectivity index (χ3v) is 5.09. The van der Waals surface area contributed by atoms with Crippen LogP contribution < -0.4 is 16.6 Å². The van der Waals surface area contributed by atoms with Crippen LogP contribution >= 0.6 is 0 Å². The molecule has 0 aliphatic rings. The second kappa shape index (κ2) is 8.43. The second-order valence-electron chi connectivity index (χ2n) is 7.38. The lowest BCUT2D eigenvalue weighted by Gasteiger charge is -2.12. The Labute approximate surface area is 178 Å². The van der Waals surface area contributed by atoms with Crippen molar-refractivity contribution in [2.24, 2.45) is 0 Å². The minimum atomic E-state index is -0.545. The van der Waals surface area contributed by atoms with Gasteiger partial charge in [0.05, 0.1) is 12.1 Å². The summed E-state index contributed by atoms with van der Waals surface area (Å²) in [4.78, 5) is 39.0. The molecule has 0 aliphatic carbocycles. The number of nitrogens with zero attached hydrogens (tertiary/aromatic N) is 4. The lowest BCUT2D eigenvalue weighted by Crippen LogP contribution is -2.41. The maximum atomic E-state index is 13.2. The van der Waals surface area contributed by atoms with Crippen molar-refractivity contribution in [1.82, 2.24) is 18.9 Å². The topological polar surface area (TPSA) is 90.9 Å².